The first kappa shape index (κ1) is 16.9. The van der Waals surface area contributed by atoms with Gasteiger partial charge in [-0.05, 0) is 49.4 Å². The average Bonchev–Trinajstić information content (AvgIpc) is 3.11. The van der Waals surface area contributed by atoms with Gasteiger partial charge in [-0.15, -0.1) is 5.10 Å². The highest BCUT2D eigenvalue weighted by Crippen LogP contribution is 2.34. The Hall–Kier alpha value is -2.54. The summed E-state index contributed by atoms with van der Waals surface area (Å²) in [6.07, 6.45) is 4.98. The molecule has 0 spiro atoms. The lowest BCUT2D eigenvalue weighted by Crippen LogP contribution is -2.43. The van der Waals surface area contributed by atoms with Crippen molar-refractivity contribution in [2.45, 2.75) is 38.5 Å². The number of carbonyl (C=O) groups is 1. The minimum absolute atomic E-state index is 0.0371. The monoisotopic (exact) mass is 353 g/mol. The maximum Gasteiger partial charge on any atom is 0.249 e. The Morgan fingerprint density at radius 3 is 3.04 bits per heavy atom. The lowest BCUT2D eigenvalue weighted by Gasteiger charge is -2.34. The standard InChI is InChI=1S/C19H23N5O2/c1-13-4-5-18(23-22-13)24-8-6-15-9-16(26-17(15)12-24)19(25)21-11-14-3-2-7-20-10-14/h2-5,7,10,15-17H,6,8-9,11-12H2,1H3,(H,21,25)/t15-,16+,17+/m1/s1. The topological polar surface area (TPSA) is 80.2 Å². The fourth-order valence-corrected chi connectivity index (χ4v) is 3.67. The molecule has 0 aromatic carbocycles. The SMILES string of the molecule is Cc1ccc(N2CC[C@@H]3C[C@@H](C(=O)NCc4cccnc4)O[C@H]3C2)nn1. The molecule has 1 N–H and O–H groups in total. The zero-order valence-electron chi connectivity index (χ0n) is 14.8. The maximum absolute atomic E-state index is 12.5. The molecule has 0 radical (unpaired) electrons. The molecular formula is C19H23N5O2. The predicted molar refractivity (Wildman–Crippen MR) is 96.5 cm³/mol. The second kappa shape index (κ2) is 7.37. The van der Waals surface area contributed by atoms with Crippen LogP contribution in [-0.4, -0.2) is 46.4 Å². The van der Waals surface area contributed by atoms with Crippen LogP contribution in [0.4, 0.5) is 5.82 Å². The summed E-state index contributed by atoms with van der Waals surface area (Å²) in [6, 6.07) is 7.78. The largest absolute Gasteiger partial charge is 0.363 e. The molecule has 2 aliphatic heterocycles. The molecule has 2 aromatic rings. The van der Waals surface area contributed by atoms with Crippen LogP contribution in [0, 0.1) is 12.8 Å². The number of hydrogen-bond donors (Lipinski definition) is 1. The number of aromatic nitrogens is 3. The van der Waals surface area contributed by atoms with Crippen LogP contribution < -0.4 is 10.2 Å². The summed E-state index contributed by atoms with van der Waals surface area (Å²) in [7, 11) is 0. The third-order valence-electron chi connectivity index (χ3n) is 5.14. The molecule has 2 aliphatic rings. The second-order valence-electron chi connectivity index (χ2n) is 7.01. The van der Waals surface area contributed by atoms with Gasteiger partial charge < -0.3 is 15.0 Å². The van der Waals surface area contributed by atoms with Crippen molar-refractivity contribution in [1.29, 1.82) is 0 Å². The number of rotatable bonds is 4. The van der Waals surface area contributed by atoms with Crippen LogP contribution in [0.25, 0.3) is 0 Å². The van der Waals surface area contributed by atoms with Crippen molar-refractivity contribution >= 4 is 11.7 Å². The molecule has 0 saturated carbocycles. The summed E-state index contributed by atoms with van der Waals surface area (Å²) in [4.78, 5) is 18.7. The number of carbonyl (C=O) groups excluding carboxylic acids is 1. The van der Waals surface area contributed by atoms with Crippen LogP contribution >= 0.6 is 0 Å². The van der Waals surface area contributed by atoms with Gasteiger partial charge >= 0.3 is 0 Å². The Morgan fingerprint density at radius 2 is 2.27 bits per heavy atom. The van der Waals surface area contributed by atoms with Crippen molar-refractivity contribution in [3.8, 4) is 0 Å². The highest BCUT2D eigenvalue weighted by Gasteiger charge is 2.42. The first-order chi connectivity index (χ1) is 12.7. The molecule has 2 aromatic heterocycles. The molecule has 7 nitrogen and oxygen atoms in total. The number of ether oxygens (including phenoxy) is 1. The predicted octanol–water partition coefficient (Wildman–Crippen LogP) is 1.48. The van der Waals surface area contributed by atoms with E-state index in [4.69, 9.17) is 4.74 Å². The summed E-state index contributed by atoms with van der Waals surface area (Å²) in [5, 5.41) is 11.4. The fraction of sp³-hybridized carbons (Fsp3) is 0.474. The van der Waals surface area contributed by atoms with Crippen molar-refractivity contribution in [2.75, 3.05) is 18.0 Å². The van der Waals surface area contributed by atoms with Crippen LogP contribution in [-0.2, 0) is 16.1 Å². The lowest BCUT2D eigenvalue weighted by atomic mass is 9.91. The van der Waals surface area contributed by atoms with Gasteiger partial charge in [-0.25, -0.2) is 0 Å². The number of pyridine rings is 1. The van der Waals surface area contributed by atoms with Crippen LogP contribution in [0.2, 0.25) is 0 Å². The zero-order valence-corrected chi connectivity index (χ0v) is 14.8. The van der Waals surface area contributed by atoms with Gasteiger partial charge in [0.15, 0.2) is 5.82 Å². The van der Waals surface area contributed by atoms with Gasteiger partial charge in [0.05, 0.1) is 11.8 Å². The van der Waals surface area contributed by atoms with Crippen molar-refractivity contribution in [2.24, 2.45) is 5.92 Å². The van der Waals surface area contributed by atoms with Crippen LogP contribution in [0.1, 0.15) is 24.1 Å². The number of hydrogen-bond acceptors (Lipinski definition) is 6. The van der Waals surface area contributed by atoms with Crippen molar-refractivity contribution < 1.29 is 9.53 Å². The number of amides is 1. The smallest absolute Gasteiger partial charge is 0.249 e. The third-order valence-corrected chi connectivity index (χ3v) is 5.14. The van der Waals surface area contributed by atoms with Gasteiger partial charge in [-0.2, -0.15) is 5.10 Å². The van der Waals surface area contributed by atoms with E-state index in [1.807, 2.05) is 31.2 Å². The van der Waals surface area contributed by atoms with Gasteiger partial charge in [0, 0.05) is 32.0 Å². The molecule has 0 unspecified atom stereocenters. The van der Waals surface area contributed by atoms with Gasteiger partial charge in [0.2, 0.25) is 5.91 Å². The Morgan fingerprint density at radius 1 is 1.35 bits per heavy atom. The fourth-order valence-electron chi connectivity index (χ4n) is 3.67. The molecule has 0 aliphatic carbocycles. The molecule has 136 valence electrons. The van der Waals surface area contributed by atoms with E-state index in [0.29, 0.717) is 12.5 Å². The van der Waals surface area contributed by atoms with E-state index in [0.717, 1.165) is 43.0 Å². The van der Waals surface area contributed by atoms with E-state index in [1.54, 1.807) is 12.4 Å². The number of anilines is 1. The average molecular weight is 353 g/mol. The highest BCUT2D eigenvalue weighted by atomic mass is 16.5. The first-order valence-electron chi connectivity index (χ1n) is 9.06. The van der Waals surface area contributed by atoms with Gasteiger partial charge in [-0.1, -0.05) is 6.07 Å². The quantitative estimate of drug-likeness (QED) is 0.897. The van der Waals surface area contributed by atoms with Crippen LogP contribution in [0.15, 0.2) is 36.7 Å². The second-order valence-corrected chi connectivity index (χ2v) is 7.01. The van der Waals surface area contributed by atoms with Crippen molar-refractivity contribution in [3.05, 3.63) is 47.9 Å². The number of nitrogens with zero attached hydrogens (tertiary/aromatic N) is 4. The van der Waals surface area contributed by atoms with E-state index >= 15 is 0 Å². The number of piperidine rings is 1. The van der Waals surface area contributed by atoms with Gasteiger partial charge in [-0.3, -0.25) is 9.78 Å². The Labute approximate surface area is 152 Å². The summed E-state index contributed by atoms with van der Waals surface area (Å²) < 4.78 is 6.07. The number of nitrogens with one attached hydrogen (secondary N) is 1. The van der Waals surface area contributed by atoms with Crippen molar-refractivity contribution in [3.63, 3.8) is 0 Å². The van der Waals surface area contributed by atoms with Crippen molar-refractivity contribution in [1.82, 2.24) is 20.5 Å². The first-order valence-corrected chi connectivity index (χ1v) is 9.06. The highest BCUT2D eigenvalue weighted by molar-refractivity contribution is 5.81. The van der Waals surface area contributed by atoms with Gasteiger partial charge in [0.25, 0.3) is 0 Å². The zero-order chi connectivity index (χ0) is 17.9. The van der Waals surface area contributed by atoms with E-state index in [1.165, 1.54) is 0 Å². The maximum atomic E-state index is 12.5. The Balaban J connectivity index is 1.32. The van der Waals surface area contributed by atoms with E-state index in [9.17, 15) is 4.79 Å². The minimum atomic E-state index is -0.370. The Bertz CT molecular complexity index is 752. The molecular weight excluding hydrogens is 330 g/mol. The molecule has 0 bridgehead atoms. The van der Waals surface area contributed by atoms with Crippen LogP contribution in [0.3, 0.4) is 0 Å². The van der Waals surface area contributed by atoms with E-state index < -0.39 is 0 Å². The lowest BCUT2D eigenvalue weighted by molar-refractivity contribution is -0.132. The summed E-state index contributed by atoms with van der Waals surface area (Å²) in [5.74, 6) is 1.27. The Kier molecular flexibility index (Phi) is 4.79. The minimum Gasteiger partial charge on any atom is -0.363 e. The number of aryl methyl sites for hydroxylation is 1. The van der Waals surface area contributed by atoms with Gasteiger partial charge in [0.1, 0.15) is 6.10 Å². The molecule has 26 heavy (non-hydrogen) atoms. The summed E-state index contributed by atoms with van der Waals surface area (Å²) in [6.45, 7) is 4.09. The van der Waals surface area contributed by atoms with E-state index in [-0.39, 0.29) is 18.1 Å². The molecule has 4 rings (SSSR count). The molecule has 1 amide bonds. The number of fused-ring (bicyclic) bond motifs is 1. The summed E-state index contributed by atoms with van der Waals surface area (Å²) in [5.41, 5.74) is 1.89. The molecule has 7 heteroatoms. The normalized spacial score (nSPS) is 25.0. The molecule has 3 atom stereocenters. The third kappa shape index (κ3) is 3.67. The summed E-state index contributed by atoms with van der Waals surface area (Å²) >= 11 is 0. The van der Waals surface area contributed by atoms with E-state index in [2.05, 4.69) is 25.4 Å². The molecule has 4 heterocycles. The van der Waals surface area contributed by atoms with Crippen LogP contribution in [0.5, 0.6) is 0 Å². The molecule has 2 saturated heterocycles. The molecule has 2 fully saturated rings.